The van der Waals surface area contributed by atoms with Crippen molar-refractivity contribution in [2.24, 2.45) is 0 Å². The fourth-order valence-electron chi connectivity index (χ4n) is 2.63. The minimum atomic E-state index is -0.317. The van der Waals surface area contributed by atoms with E-state index in [9.17, 15) is 4.79 Å². The van der Waals surface area contributed by atoms with E-state index in [2.05, 4.69) is 22.6 Å². The molecule has 2 aromatic carbocycles. The maximum absolute atomic E-state index is 12.8. The van der Waals surface area contributed by atoms with Gasteiger partial charge in [-0.05, 0) is 59.9 Å². The summed E-state index contributed by atoms with van der Waals surface area (Å²) in [5.41, 5.74) is 4.09. The number of nitrogens with zero attached hydrogens (tertiary/aromatic N) is 2. The monoisotopic (exact) mass is 365 g/mol. The van der Waals surface area contributed by atoms with E-state index in [1.165, 1.54) is 5.56 Å². The highest BCUT2D eigenvalue weighted by atomic mass is 16.6. The molecule has 0 radical (unpaired) electrons. The summed E-state index contributed by atoms with van der Waals surface area (Å²) in [4.78, 5) is 12.8. The number of benzene rings is 2. The molecule has 1 heterocycles. The molecule has 0 unspecified atom stereocenters. The van der Waals surface area contributed by atoms with Crippen molar-refractivity contribution in [1.82, 2.24) is 10.3 Å². The van der Waals surface area contributed by atoms with Crippen LogP contribution < -0.4 is 10.1 Å². The van der Waals surface area contributed by atoms with Crippen molar-refractivity contribution < 1.29 is 14.2 Å². The van der Waals surface area contributed by atoms with Gasteiger partial charge >= 0.3 is 0 Å². The zero-order valence-electron chi connectivity index (χ0n) is 15.8. The molecule has 0 saturated heterocycles. The number of ether oxygens (including phenoxy) is 1. The summed E-state index contributed by atoms with van der Waals surface area (Å²) in [6.45, 7) is 6.72. The number of hydrogen-bond acceptors (Lipinski definition) is 5. The molecule has 0 atom stereocenters. The first-order valence-electron chi connectivity index (χ1n) is 9.03. The highest BCUT2D eigenvalue weighted by molar-refractivity contribution is 6.07. The van der Waals surface area contributed by atoms with Crippen LogP contribution in [0.2, 0.25) is 0 Å². The molecule has 0 aliphatic rings. The largest absolute Gasteiger partial charge is 0.493 e. The normalized spacial score (nSPS) is 10.6. The van der Waals surface area contributed by atoms with Gasteiger partial charge in [-0.3, -0.25) is 4.79 Å². The topological polar surface area (TPSA) is 77.2 Å². The standard InChI is InChI=1S/C21H23N3O3/c1-4-5-12-26-18-9-7-6-8-17(18)21(25)22-20-19(23-27-24-20)16-11-10-14(2)15(3)13-16/h6-11,13H,4-5,12H2,1-3H3,(H,22,24,25). The second-order valence-corrected chi connectivity index (χ2v) is 6.41. The van der Waals surface area contributed by atoms with Crippen LogP contribution in [-0.2, 0) is 0 Å². The second kappa shape index (κ2) is 8.49. The van der Waals surface area contributed by atoms with Gasteiger partial charge in [0.05, 0.1) is 12.2 Å². The Hall–Kier alpha value is -3.15. The van der Waals surface area contributed by atoms with Crippen LogP contribution in [0, 0.1) is 13.8 Å². The molecule has 140 valence electrons. The molecule has 1 N–H and O–H groups in total. The minimum absolute atomic E-state index is 0.284. The Bertz CT molecular complexity index is 934. The number of hydrogen-bond donors (Lipinski definition) is 1. The van der Waals surface area contributed by atoms with Gasteiger partial charge in [-0.2, -0.15) is 0 Å². The maximum atomic E-state index is 12.8. The van der Waals surface area contributed by atoms with Crippen LogP contribution in [0.25, 0.3) is 11.3 Å². The van der Waals surface area contributed by atoms with Crippen molar-refractivity contribution in [2.75, 3.05) is 11.9 Å². The third-order valence-electron chi connectivity index (χ3n) is 4.39. The Balaban J connectivity index is 1.82. The Morgan fingerprint density at radius 2 is 1.93 bits per heavy atom. The summed E-state index contributed by atoms with van der Waals surface area (Å²) in [6.07, 6.45) is 1.96. The first kappa shape index (κ1) is 18.6. The van der Waals surface area contributed by atoms with E-state index in [1.807, 2.05) is 38.1 Å². The molecule has 0 saturated carbocycles. The van der Waals surface area contributed by atoms with Crippen LogP contribution >= 0.6 is 0 Å². The van der Waals surface area contributed by atoms with Gasteiger partial charge in [0.25, 0.3) is 5.91 Å². The van der Waals surface area contributed by atoms with E-state index >= 15 is 0 Å². The van der Waals surface area contributed by atoms with Gasteiger partial charge in [0, 0.05) is 5.56 Å². The Labute approximate surface area is 158 Å². The lowest BCUT2D eigenvalue weighted by atomic mass is 10.0. The number of anilines is 1. The van der Waals surface area contributed by atoms with E-state index in [4.69, 9.17) is 9.37 Å². The van der Waals surface area contributed by atoms with Crippen LogP contribution in [0.15, 0.2) is 47.1 Å². The molecule has 0 aliphatic heterocycles. The summed E-state index contributed by atoms with van der Waals surface area (Å²) >= 11 is 0. The van der Waals surface area contributed by atoms with Crippen LogP contribution in [-0.4, -0.2) is 22.8 Å². The second-order valence-electron chi connectivity index (χ2n) is 6.41. The molecule has 3 rings (SSSR count). The number of para-hydroxylation sites is 1. The van der Waals surface area contributed by atoms with Gasteiger partial charge < -0.3 is 10.1 Å². The van der Waals surface area contributed by atoms with E-state index in [0.717, 1.165) is 24.0 Å². The van der Waals surface area contributed by atoms with E-state index in [-0.39, 0.29) is 11.7 Å². The van der Waals surface area contributed by atoms with Gasteiger partial charge in [0.2, 0.25) is 5.82 Å². The van der Waals surface area contributed by atoms with Gasteiger partial charge in [-0.1, -0.05) is 37.6 Å². The summed E-state index contributed by atoms with van der Waals surface area (Å²) in [5.74, 6) is 0.516. The summed E-state index contributed by atoms with van der Waals surface area (Å²) in [6, 6.07) is 13.1. The number of aryl methyl sites for hydroxylation is 2. The highest BCUT2D eigenvalue weighted by Gasteiger charge is 2.18. The molecule has 0 aliphatic carbocycles. The number of nitrogens with one attached hydrogen (secondary N) is 1. The van der Waals surface area contributed by atoms with Gasteiger partial charge in [0.1, 0.15) is 5.75 Å². The lowest BCUT2D eigenvalue weighted by molar-refractivity contribution is 0.102. The summed E-state index contributed by atoms with van der Waals surface area (Å²) < 4.78 is 10.6. The molecule has 6 heteroatoms. The van der Waals surface area contributed by atoms with Crippen molar-refractivity contribution in [3.63, 3.8) is 0 Å². The van der Waals surface area contributed by atoms with Crippen molar-refractivity contribution in [3.8, 4) is 17.0 Å². The zero-order valence-corrected chi connectivity index (χ0v) is 15.8. The molecule has 6 nitrogen and oxygen atoms in total. The van der Waals surface area contributed by atoms with E-state index in [0.29, 0.717) is 23.6 Å². The molecule has 0 bridgehead atoms. The van der Waals surface area contributed by atoms with E-state index < -0.39 is 0 Å². The zero-order chi connectivity index (χ0) is 19.2. The molecular formula is C21H23N3O3. The predicted molar refractivity (Wildman–Crippen MR) is 104 cm³/mol. The summed E-state index contributed by atoms with van der Waals surface area (Å²) in [7, 11) is 0. The quantitative estimate of drug-likeness (QED) is 0.609. The lowest BCUT2D eigenvalue weighted by Gasteiger charge is -2.11. The van der Waals surface area contributed by atoms with Crippen molar-refractivity contribution in [3.05, 3.63) is 59.2 Å². The number of carbonyl (C=O) groups excluding carboxylic acids is 1. The highest BCUT2D eigenvalue weighted by Crippen LogP contribution is 2.27. The smallest absolute Gasteiger partial charge is 0.260 e. The molecule has 0 fully saturated rings. The van der Waals surface area contributed by atoms with Crippen molar-refractivity contribution in [1.29, 1.82) is 0 Å². The van der Waals surface area contributed by atoms with Crippen LogP contribution in [0.3, 0.4) is 0 Å². The predicted octanol–water partition coefficient (Wildman–Crippen LogP) is 4.78. The SMILES string of the molecule is CCCCOc1ccccc1C(=O)Nc1nonc1-c1ccc(C)c(C)c1. The fraction of sp³-hybridized carbons (Fsp3) is 0.286. The lowest BCUT2D eigenvalue weighted by Crippen LogP contribution is -2.14. The average molecular weight is 365 g/mol. The molecule has 1 aromatic heterocycles. The van der Waals surface area contributed by atoms with Crippen LogP contribution in [0.5, 0.6) is 5.75 Å². The number of unbranched alkanes of at least 4 members (excludes halogenated alkanes) is 1. The first-order chi connectivity index (χ1) is 13.1. The number of amides is 1. The van der Waals surface area contributed by atoms with Crippen LogP contribution in [0.1, 0.15) is 41.3 Å². The molecule has 3 aromatic rings. The minimum Gasteiger partial charge on any atom is -0.493 e. The third-order valence-corrected chi connectivity index (χ3v) is 4.39. The fourth-order valence-corrected chi connectivity index (χ4v) is 2.63. The molecule has 1 amide bonds. The maximum Gasteiger partial charge on any atom is 0.260 e. The Morgan fingerprint density at radius 1 is 1.11 bits per heavy atom. The number of carbonyl (C=O) groups is 1. The van der Waals surface area contributed by atoms with Crippen molar-refractivity contribution >= 4 is 11.7 Å². The van der Waals surface area contributed by atoms with Gasteiger partial charge in [-0.15, -0.1) is 0 Å². The average Bonchev–Trinajstić information content (AvgIpc) is 3.12. The molecule has 0 spiro atoms. The third kappa shape index (κ3) is 4.34. The van der Waals surface area contributed by atoms with Gasteiger partial charge in [-0.25, -0.2) is 4.63 Å². The molecular weight excluding hydrogens is 342 g/mol. The Kier molecular flexibility index (Phi) is 5.86. The Morgan fingerprint density at radius 3 is 2.70 bits per heavy atom. The van der Waals surface area contributed by atoms with Crippen molar-refractivity contribution in [2.45, 2.75) is 33.6 Å². The van der Waals surface area contributed by atoms with E-state index in [1.54, 1.807) is 18.2 Å². The van der Waals surface area contributed by atoms with Gasteiger partial charge in [0.15, 0.2) is 5.69 Å². The number of aromatic nitrogens is 2. The van der Waals surface area contributed by atoms with Crippen LogP contribution in [0.4, 0.5) is 5.82 Å². The first-order valence-corrected chi connectivity index (χ1v) is 9.03. The number of rotatable bonds is 7. The molecule has 27 heavy (non-hydrogen) atoms. The summed E-state index contributed by atoms with van der Waals surface area (Å²) in [5, 5.41) is 10.6.